The van der Waals surface area contributed by atoms with Gasteiger partial charge in [0.15, 0.2) is 0 Å². The van der Waals surface area contributed by atoms with Gasteiger partial charge in [0.05, 0.1) is 22.4 Å². The Bertz CT molecular complexity index is 1320. The zero-order chi connectivity index (χ0) is 21.8. The number of benzene rings is 3. The lowest BCUT2D eigenvalue weighted by Gasteiger charge is -2.04. The molecule has 5 rings (SSSR count). The Morgan fingerprint density at radius 1 is 0.688 bits per heavy atom. The van der Waals surface area contributed by atoms with E-state index in [1.807, 2.05) is 0 Å². The van der Waals surface area contributed by atoms with E-state index in [4.69, 9.17) is 9.97 Å². The van der Waals surface area contributed by atoms with Gasteiger partial charge in [-0.1, -0.05) is 100 Å². The normalized spacial score (nSPS) is 11.5. The van der Waals surface area contributed by atoms with E-state index in [1.54, 1.807) is 0 Å². The summed E-state index contributed by atoms with van der Waals surface area (Å²) in [5, 5.41) is 2.52. The minimum absolute atomic E-state index is 0.924. The molecule has 0 radical (unpaired) electrons. The molecule has 160 valence electrons. The zero-order valence-corrected chi connectivity index (χ0v) is 19.0. The summed E-state index contributed by atoms with van der Waals surface area (Å²) in [6.07, 6.45) is 11.7. The predicted molar refractivity (Wildman–Crippen MR) is 136 cm³/mol. The van der Waals surface area contributed by atoms with Crippen LogP contribution in [-0.4, -0.2) is 9.97 Å². The fraction of sp³-hybridized carbons (Fsp3) is 0.333. The maximum Gasteiger partial charge on any atom is 0.0979 e. The SMILES string of the molecule is CCCCCCCCCCC#Cc1ccc2nc3c(nc2c1)-c1cccc2cccc-3c12. The monoisotopic (exact) mass is 418 g/mol. The molecule has 2 nitrogen and oxygen atoms in total. The van der Waals surface area contributed by atoms with Crippen LogP contribution in [0.25, 0.3) is 44.3 Å². The van der Waals surface area contributed by atoms with Crippen molar-refractivity contribution in [3.63, 3.8) is 0 Å². The van der Waals surface area contributed by atoms with E-state index in [0.717, 1.165) is 34.4 Å². The fourth-order valence-electron chi connectivity index (χ4n) is 4.76. The maximum atomic E-state index is 5.03. The molecule has 4 aromatic rings. The van der Waals surface area contributed by atoms with Crippen LogP contribution in [0.4, 0.5) is 0 Å². The summed E-state index contributed by atoms with van der Waals surface area (Å²) in [6, 6.07) is 19.1. The lowest BCUT2D eigenvalue weighted by Crippen LogP contribution is -1.91. The van der Waals surface area contributed by atoms with Gasteiger partial charge >= 0.3 is 0 Å². The van der Waals surface area contributed by atoms with Gasteiger partial charge in [-0.2, -0.15) is 0 Å². The van der Waals surface area contributed by atoms with E-state index in [2.05, 4.69) is 73.4 Å². The minimum Gasteiger partial charge on any atom is -0.244 e. The van der Waals surface area contributed by atoms with Gasteiger partial charge in [0.1, 0.15) is 0 Å². The summed E-state index contributed by atoms with van der Waals surface area (Å²) < 4.78 is 0. The molecule has 0 spiro atoms. The smallest absolute Gasteiger partial charge is 0.0979 e. The van der Waals surface area contributed by atoms with Crippen LogP contribution in [0.1, 0.15) is 70.3 Å². The average molecular weight is 419 g/mol. The Labute approximate surface area is 191 Å². The van der Waals surface area contributed by atoms with Crippen LogP contribution in [0, 0.1) is 11.8 Å². The molecule has 3 aromatic carbocycles. The van der Waals surface area contributed by atoms with Crippen molar-refractivity contribution in [3.05, 3.63) is 60.2 Å². The maximum absolute atomic E-state index is 5.03. The predicted octanol–water partition coefficient (Wildman–Crippen LogP) is 8.31. The van der Waals surface area contributed by atoms with Gasteiger partial charge in [0, 0.05) is 28.5 Å². The van der Waals surface area contributed by atoms with Crippen LogP contribution >= 0.6 is 0 Å². The van der Waals surface area contributed by atoms with Gasteiger partial charge in [-0.25, -0.2) is 9.97 Å². The first-order chi connectivity index (χ1) is 15.8. The van der Waals surface area contributed by atoms with Gasteiger partial charge in [0.2, 0.25) is 0 Å². The molecule has 32 heavy (non-hydrogen) atoms. The van der Waals surface area contributed by atoms with Crippen molar-refractivity contribution in [2.24, 2.45) is 0 Å². The first-order valence-corrected chi connectivity index (χ1v) is 12.2. The molecule has 0 bridgehead atoms. The van der Waals surface area contributed by atoms with Crippen LogP contribution in [0.5, 0.6) is 0 Å². The number of fused-ring (bicyclic) bond motifs is 4. The molecule has 0 amide bonds. The highest BCUT2D eigenvalue weighted by Crippen LogP contribution is 2.45. The van der Waals surface area contributed by atoms with Gasteiger partial charge < -0.3 is 0 Å². The second kappa shape index (κ2) is 9.53. The lowest BCUT2D eigenvalue weighted by molar-refractivity contribution is 0.579. The Balaban J connectivity index is 1.28. The molecule has 0 N–H and O–H groups in total. The molecule has 0 atom stereocenters. The van der Waals surface area contributed by atoms with Crippen molar-refractivity contribution < 1.29 is 0 Å². The van der Waals surface area contributed by atoms with Crippen molar-refractivity contribution in [1.29, 1.82) is 0 Å². The standard InChI is InChI=1S/C30H30N2/c1-2-3-4-5-6-7-8-9-10-11-14-22-19-20-26-27(21-22)32-30-25-18-13-16-23-15-12-17-24(28(23)25)29(30)31-26/h12-13,15-21H,2-10H2,1H3. The van der Waals surface area contributed by atoms with Gasteiger partial charge in [-0.05, 0) is 30.0 Å². The highest BCUT2D eigenvalue weighted by Gasteiger charge is 2.24. The van der Waals surface area contributed by atoms with E-state index in [0.29, 0.717) is 0 Å². The summed E-state index contributed by atoms with van der Waals surface area (Å²) in [5.41, 5.74) is 7.26. The molecule has 0 fully saturated rings. The summed E-state index contributed by atoms with van der Waals surface area (Å²) in [7, 11) is 0. The van der Waals surface area contributed by atoms with Crippen molar-refractivity contribution >= 4 is 21.8 Å². The van der Waals surface area contributed by atoms with Crippen LogP contribution in [0.15, 0.2) is 54.6 Å². The molecule has 0 saturated heterocycles. The molecule has 1 aliphatic carbocycles. The Hall–Kier alpha value is -3.18. The second-order valence-electron chi connectivity index (χ2n) is 8.86. The van der Waals surface area contributed by atoms with E-state index >= 15 is 0 Å². The van der Waals surface area contributed by atoms with Crippen LogP contribution in [-0.2, 0) is 0 Å². The summed E-state index contributed by atoms with van der Waals surface area (Å²) in [5.74, 6) is 6.70. The van der Waals surface area contributed by atoms with Crippen LogP contribution < -0.4 is 0 Å². The Morgan fingerprint density at radius 2 is 1.34 bits per heavy atom. The van der Waals surface area contributed by atoms with Crippen molar-refractivity contribution in [1.82, 2.24) is 9.97 Å². The summed E-state index contributed by atoms with van der Waals surface area (Å²) >= 11 is 0. The van der Waals surface area contributed by atoms with Crippen molar-refractivity contribution in [2.45, 2.75) is 64.7 Å². The fourth-order valence-corrected chi connectivity index (χ4v) is 4.76. The third kappa shape index (κ3) is 4.13. The number of hydrogen-bond donors (Lipinski definition) is 0. The van der Waals surface area contributed by atoms with Crippen LogP contribution in [0.3, 0.4) is 0 Å². The van der Waals surface area contributed by atoms with Crippen molar-refractivity contribution in [2.75, 3.05) is 0 Å². The molecule has 1 aromatic heterocycles. The lowest BCUT2D eigenvalue weighted by atomic mass is 10.0. The first-order valence-electron chi connectivity index (χ1n) is 12.2. The van der Waals surface area contributed by atoms with E-state index < -0.39 is 0 Å². The summed E-state index contributed by atoms with van der Waals surface area (Å²) in [6.45, 7) is 2.27. The number of unbranched alkanes of at least 4 members (excludes halogenated alkanes) is 8. The Kier molecular flexibility index (Phi) is 6.17. The van der Waals surface area contributed by atoms with E-state index in [1.165, 1.54) is 73.3 Å². The number of hydrogen-bond acceptors (Lipinski definition) is 2. The van der Waals surface area contributed by atoms with Crippen molar-refractivity contribution in [3.8, 4) is 34.4 Å². The topological polar surface area (TPSA) is 25.8 Å². The first kappa shape index (κ1) is 20.7. The quantitative estimate of drug-likeness (QED) is 0.187. The average Bonchev–Trinajstić information content (AvgIpc) is 3.13. The van der Waals surface area contributed by atoms with Crippen LogP contribution in [0.2, 0.25) is 0 Å². The second-order valence-corrected chi connectivity index (χ2v) is 8.86. The molecule has 0 saturated carbocycles. The molecule has 0 unspecified atom stereocenters. The number of rotatable bonds is 8. The highest BCUT2D eigenvalue weighted by molar-refractivity contribution is 6.14. The van der Waals surface area contributed by atoms with Gasteiger partial charge in [-0.15, -0.1) is 0 Å². The third-order valence-electron chi connectivity index (χ3n) is 6.47. The number of aromatic nitrogens is 2. The third-order valence-corrected chi connectivity index (χ3v) is 6.47. The Morgan fingerprint density at radius 3 is 2.06 bits per heavy atom. The zero-order valence-electron chi connectivity index (χ0n) is 19.0. The molecule has 1 heterocycles. The van der Waals surface area contributed by atoms with E-state index in [-0.39, 0.29) is 0 Å². The van der Waals surface area contributed by atoms with Gasteiger partial charge in [-0.3, -0.25) is 0 Å². The number of nitrogens with zero attached hydrogens (tertiary/aromatic N) is 2. The minimum atomic E-state index is 0.924. The molecule has 1 aliphatic rings. The summed E-state index contributed by atoms with van der Waals surface area (Å²) in [4.78, 5) is 10.0. The largest absolute Gasteiger partial charge is 0.244 e. The molecule has 2 heteroatoms. The highest BCUT2D eigenvalue weighted by atomic mass is 14.8. The van der Waals surface area contributed by atoms with E-state index in [9.17, 15) is 0 Å². The molecular formula is C30H30N2. The molecular weight excluding hydrogens is 388 g/mol. The van der Waals surface area contributed by atoms with Gasteiger partial charge in [0.25, 0.3) is 0 Å². The molecule has 0 aliphatic heterocycles.